The van der Waals surface area contributed by atoms with Crippen LogP contribution in [0, 0.1) is 0 Å². The summed E-state index contributed by atoms with van der Waals surface area (Å²) in [4.78, 5) is 29.7. The van der Waals surface area contributed by atoms with Gasteiger partial charge in [0, 0.05) is 47.0 Å². The topological polar surface area (TPSA) is 65.8 Å². The van der Waals surface area contributed by atoms with Gasteiger partial charge in [-0.3, -0.25) is 9.59 Å². The second-order valence-corrected chi connectivity index (χ2v) is 8.87. The number of fused-ring (bicyclic) bond motifs is 1. The maximum absolute atomic E-state index is 13.1. The number of hydrogen-bond donors (Lipinski definition) is 1. The van der Waals surface area contributed by atoms with Gasteiger partial charge in [-0.2, -0.15) is 0 Å². The molecular weight excluding hydrogens is 473 g/mol. The van der Waals surface area contributed by atoms with Crippen LogP contribution in [-0.4, -0.2) is 54.8 Å². The van der Waals surface area contributed by atoms with Crippen LogP contribution in [0.25, 0.3) is 23.0 Å². The third kappa shape index (κ3) is 4.89. The van der Waals surface area contributed by atoms with Crippen LogP contribution in [0.4, 0.5) is 5.69 Å². The molecule has 2 aliphatic heterocycles. The number of benzene rings is 2. The Labute approximate surface area is 209 Å². The Kier molecular flexibility index (Phi) is 7.12. The predicted molar refractivity (Wildman–Crippen MR) is 137 cm³/mol. The van der Waals surface area contributed by atoms with E-state index in [1.54, 1.807) is 24.3 Å². The van der Waals surface area contributed by atoms with Crippen LogP contribution in [-0.2, 0) is 4.79 Å². The molecule has 0 radical (unpaired) electrons. The highest BCUT2D eigenvalue weighted by molar-refractivity contribution is 6.36. The van der Waals surface area contributed by atoms with Gasteiger partial charge in [-0.15, -0.1) is 12.4 Å². The molecule has 1 N–H and O–H groups in total. The molecule has 6 nitrogen and oxygen atoms in total. The lowest BCUT2D eigenvalue weighted by Gasteiger charge is -2.20. The molecule has 0 spiro atoms. The van der Waals surface area contributed by atoms with Crippen LogP contribution in [0.1, 0.15) is 28.1 Å². The zero-order chi connectivity index (χ0) is 22.9. The Bertz CT molecular complexity index is 1270. The number of carbonyl (C=O) groups excluding carboxylic acids is 2. The first-order valence-electron chi connectivity index (χ1n) is 11.0. The average Bonchev–Trinajstić information content (AvgIpc) is 3.33. The molecule has 1 aromatic heterocycles. The summed E-state index contributed by atoms with van der Waals surface area (Å²) in [7, 11) is 2.08. The number of amides is 2. The molecule has 8 heteroatoms. The van der Waals surface area contributed by atoms with Crippen molar-refractivity contribution in [1.29, 1.82) is 0 Å². The second kappa shape index (κ2) is 10.1. The number of carbonyl (C=O) groups is 2. The molecule has 176 valence electrons. The smallest absolute Gasteiger partial charge is 0.256 e. The van der Waals surface area contributed by atoms with Crippen LogP contribution >= 0.6 is 24.0 Å². The summed E-state index contributed by atoms with van der Waals surface area (Å²) < 4.78 is 6.02. The van der Waals surface area contributed by atoms with E-state index in [0.29, 0.717) is 27.7 Å². The number of hydrogen-bond acceptors (Lipinski definition) is 4. The molecule has 2 amide bonds. The zero-order valence-corrected chi connectivity index (χ0v) is 20.3. The van der Waals surface area contributed by atoms with Gasteiger partial charge in [-0.05, 0) is 68.6 Å². The second-order valence-electron chi connectivity index (χ2n) is 8.43. The van der Waals surface area contributed by atoms with E-state index in [2.05, 4.69) is 17.3 Å². The monoisotopic (exact) mass is 497 g/mol. The Hall–Kier alpha value is -3.06. The third-order valence-electron chi connectivity index (χ3n) is 6.08. The van der Waals surface area contributed by atoms with Crippen LogP contribution in [0.5, 0.6) is 0 Å². The van der Waals surface area contributed by atoms with E-state index in [-0.39, 0.29) is 24.2 Å². The van der Waals surface area contributed by atoms with Crippen molar-refractivity contribution in [3.05, 3.63) is 76.5 Å². The van der Waals surface area contributed by atoms with Crippen molar-refractivity contribution in [3.8, 4) is 11.3 Å². The molecule has 3 heterocycles. The van der Waals surface area contributed by atoms with E-state index in [4.69, 9.17) is 16.0 Å². The van der Waals surface area contributed by atoms with E-state index in [0.717, 1.165) is 49.4 Å². The van der Waals surface area contributed by atoms with Gasteiger partial charge in [0.25, 0.3) is 11.8 Å². The molecule has 0 aliphatic carbocycles. The first-order chi connectivity index (χ1) is 16.0. The fraction of sp³-hybridized carbons (Fsp3) is 0.231. The SMILES string of the molecule is CN1CCCN(C(=O)c2cccc(-c3ccc(C=C4C(=O)Nc5ccc(Cl)cc54)o3)c2)CC1.Cl. The van der Waals surface area contributed by atoms with Gasteiger partial charge in [0.2, 0.25) is 0 Å². The first kappa shape index (κ1) is 24.1. The van der Waals surface area contributed by atoms with E-state index in [1.807, 2.05) is 41.3 Å². The van der Waals surface area contributed by atoms with Crippen LogP contribution in [0.15, 0.2) is 59.0 Å². The van der Waals surface area contributed by atoms with Gasteiger partial charge in [0.15, 0.2) is 0 Å². The molecule has 2 aromatic carbocycles. The minimum atomic E-state index is -0.194. The molecule has 1 saturated heterocycles. The lowest BCUT2D eigenvalue weighted by atomic mass is 10.1. The van der Waals surface area contributed by atoms with Crippen molar-refractivity contribution in [2.45, 2.75) is 6.42 Å². The summed E-state index contributed by atoms with van der Waals surface area (Å²) in [6.07, 6.45) is 2.68. The van der Waals surface area contributed by atoms with Crippen molar-refractivity contribution < 1.29 is 14.0 Å². The standard InChI is InChI=1S/C26H24ClN3O3.ClH/c1-29-10-3-11-30(13-12-29)26(32)18-5-2-4-17(14-18)24-9-7-20(33-24)16-22-21-15-19(27)6-8-23(21)28-25(22)31;/h2,4-9,14-16H,3,10-13H2,1H3,(H,28,31);1H. The number of furan rings is 1. The van der Waals surface area contributed by atoms with Gasteiger partial charge in [0.1, 0.15) is 11.5 Å². The fourth-order valence-corrected chi connectivity index (χ4v) is 4.44. The van der Waals surface area contributed by atoms with Crippen LogP contribution < -0.4 is 5.32 Å². The number of rotatable bonds is 3. The summed E-state index contributed by atoms with van der Waals surface area (Å²) >= 11 is 6.11. The van der Waals surface area contributed by atoms with Gasteiger partial charge in [-0.1, -0.05) is 23.7 Å². The van der Waals surface area contributed by atoms with Crippen molar-refractivity contribution in [1.82, 2.24) is 9.80 Å². The molecular formula is C26H25Cl2N3O3. The quantitative estimate of drug-likeness (QED) is 0.499. The third-order valence-corrected chi connectivity index (χ3v) is 6.31. The molecule has 3 aromatic rings. The summed E-state index contributed by atoms with van der Waals surface area (Å²) in [5.41, 5.74) is 3.45. The average molecular weight is 498 g/mol. The number of halogens is 2. The minimum Gasteiger partial charge on any atom is -0.457 e. The zero-order valence-electron chi connectivity index (χ0n) is 18.7. The Morgan fingerprint density at radius 1 is 1.06 bits per heavy atom. The summed E-state index contributed by atoms with van der Waals surface area (Å²) in [5.74, 6) is 1.03. The van der Waals surface area contributed by atoms with E-state index < -0.39 is 0 Å². The van der Waals surface area contributed by atoms with Crippen molar-refractivity contribution in [3.63, 3.8) is 0 Å². The molecule has 0 unspecified atom stereocenters. The Morgan fingerprint density at radius 2 is 1.91 bits per heavy atom. The largest absolute Gasteiger partial charge is 0.457 e. The van der Waals surface area contributed by atoms with E-state index >= 15 is 0 Å². The molecule has 0 atom stereocenters. The van der Waals surface area contributed by atoms with Crippen molar-refractivity contribution in [2.24, 2.45) is 0 Å². The first-order valence-corrected chi connectivity index (χ1v) is 11.4. The maximum atomic E-state index is 13.1. The molecule has 2 aliphatic rings. The fourth-order valence-electron chi connectivity index (χ4n) is 4.27. The van der Waals surface area contributed by atoms with Crippen LogP contribution in [0.3, 0.4) is 0 Å². The molecule has 34 heavy (non-hydrogen) atoms. The molecule has 5 rings (SSSR count). The van der Waals surface area contributed by atoms with E-state index in [9.17, 15) is 9.59 Å². The highest BCUT2D eigenvalue weighted by atomic mass is 35.5. The summed E-state index contributed by atoms with van der Waals surface area (Å²) in [6, 6.07) is 16.5. The van der Waals surface area contributed by atoms with Gasteiger partial charge < -0.3 is 19.5 Å². The van der Waals surface area contributed by atoms with Gasteiger partial charge >= 0.3 is 0 Å². The summed E-state index contributed by atoms with van der Waals surface area (Å²) in [6.45, 7) is 3.37. The minimum absolute atomic E-state index is 0. The lowest BCUT2D eigenvalue weighted by Crippen LogP contribution is -2.34. The molecule has 0 saturated carbocycles. The normalized spacial score (nSPS) is 17.2. The van der Waals surface area contributed by atoms with Crippen LogP contribution in [0.2, 0.25) is 5.02 Å². The predicted octanol–water partition coefficient (Wildman–Crippen LogP) is 5.29. The maximum Gasteiger partial charge on any atom is 0.256 e. The number of nitrogens with zero attached hydrogens (tertiary/aromatic N) is 2. The molecule has 1 fully saturated rings. The Balaban J connectivity index is 0.00000274. The van der Waals surface area contributed by atoms with Gasteiger partial charge in [-0.25, -0.2) is 0 Å². The Morgan fingerprint density at radius 3 is 2.76 bits per heavy atom. The summed E-state index contributed by atoms with van der Waals surface area (Å²) in [5, 5.41) is 3.40. The highest BCUT2D eigenvalue weighted by Gasteiger charge is 2.25. The lowest BCUT2D eigenvalue weighted by molar-refractivity contribution is -0.110. The number of likely N-dealkylation sites (N-methyl/N-ethyl adjacent to an activating group) is 1. The molecule has 0 bridgehead atoms. The van der Waals surface area contributed by atoms with Gasteiger partial charge in [0.05, 0.1) is 5.57 Å². The van der Waals surface area contributed by atoms with Crippen molar-refractivity contribution in [2.75, 3.05) is 38.5 Å². The van der Waals surface area contributed by atoms with Crippen molar-refractivity contribution >= 4 is 53.2 Å². The highest BCUT2D eigenvalue weighted by Crippen LogP contribution is 2.35. The number of nitrogens with one attached hydrogen (secondary N) is 1. The van der Waals surface area contributed by atoms with E-state index in [1.165, 1.54) is 0 Å². The number of anilines is 1.